The second-order valence-electron chi connectivity index (χ2n) is 3.90. The molecule has 0 bridgehead atoms. The molecule has 0 saturated carbocycles. The van der Waals surface area contributed by atoms with Crippen molar-refractivity contribution in [2.24, 2.45) is 0 Å². The zero-order chi connectivity index (χ0) is 12.3. The van der Waals surface area contributed by atoms with E-state index in [4.69, 9.17) is 4.74 Å². The molecule has 1 aromatic rings. The van der Waals surface area contributed by atoms with Crippen LogP contribution in [0.25, 0.3) is 0 Å². The summed E-state index contributed by atoms with van der Waals surface area (Å²) in [4.78, 5) is 0. The van der Waals surface area contributed by atoms with Crippen molar-refractivity contribution in [3.63, 3.8) is 0 Å². The van der Waals surface area contributed by atoms with Gasteiger partial charge in [0.25, 0.3) is 10.2 Å². The third-order valence-corrected chi connectivity index (χ3v) is 4.22. The van der Waals surface area contributed by atoms with E-state index in [0.717, 1.165) is 11.3 Å². The van der Waals surface area contributed by atoms with Crippen LogP contribution in [0.3, 0.4) is 0 Å². The molecular formula is C11H16N2O3S. The minimum absolute atomic E-state index is 0.422. The summed E-state index contributed by atoms with van der Waals surface area (Å²) in [5.41, 5.74) is 1.08. The Labute approximate surface area is 102 Å². The zero-order valence-electron chi connectivity index (χ0n) is 9.72. The smallest absolute Gasteiger partial charge is 0.279 e. The van der Waals surface area contributed by atoms with E-state index in [1.807, 2.05) is 24.3 Å². The highest BCUT2D eigenvalue weighted by Crippen LogP contribution is 2.12. The minimum atomic E-state index is -3.21. The summed E-state index contributed by atoms with van der Waals surface area (Å²) < 4.78 is 32.0. The highest BCUT2D eigenvalue weighted by Gasteiger charge is 2.30. The van der Waals surface area contributed by atoms with E-state index >= 15 is 0 Å². The molecule has 1 aromatic carbocycles. The first-order valence-electron chi connectivity index (χ1n) is 5.49. The predicted molar refractivity (Wildman–Crippen MR) is 65.2 cm³/mol. The number of hydrogen-bond donors (Lipinski definition) is 1. The van der Waals surface area contributed by atoms with E-state index in [9.17, 15) is 8.42 Å². The van der Waals surface area contributed by atoms with E-state index in [1.54, 1.807) is 7.11 Å². The molecule has 17 heavy (non-hydrogen) atoms. The molecule has 5 nitrogen and oxygen atoms in total. The van der Waals surface area contributed by atoms with Crippen molar-refractivity contribution in [2.45, 2.75) is 6.42 Å². The van der Waals surface area contributed by atoms with Gasteiger partial charge in [0.1, 0.15) is 5.75 Å². The fraction of sp³-hybridized carbons (Fsp3) is 0.455. The van der Waals surface area contributed by atoms with Gasteiger partial charge in [-0.1, -0.05) is 12.1 Å². The fourth-order valence-corrected chi connectivity index (χ4v) is 2.59. The van der Waals surface area contributed by atoms with Gasteiger partial charge in [0.15, 0.2) is 0 Å². The molecule has 0 aliphatic carbocycles. The fourth-order valence-electron chi connectivity index (χ4n) is 1.49. The number of benzene rings is 1. The zero-order valence-corrected chi connectivity index (χ0v) is 10.5. The summed E-state index contributed by atoms with van der Waals surface area (Å²) in [5, 5.41) is 0. The summed E-state index contributed by atoms with van der Waals surface area (Å²) in [6, 6.07) is 7.61. The maximum Gasteiger partial charge on any atom is 0.279 e. The summed E-state index contributed by atoms with van der Waals surface area (Å²) in [7, 11) is -1.59. The molecule has 6 heteroatoms. The summed E-state index contributed by atoms with van der Waals surface area (Å²) in [5.74, 6) is 0.804. The van der Waals surface area contributed by atoms with Crippen molar-refractivity contribution in [1.29, 1.82) is 0 Å². The lowest BCUT2D eigenvalue weighted by Gasteiger charge is -2.06. The van der Waals surface area contributed by atoms with Gasteiger partial charge in [-0.15, -0.1) is 0 Å². The lowest BCUT2D eigenvalue weighted by molar-refractivity contribution is 0.414. The van der Waals surface area contributed by atoms with Crippen LogP contribution in [0, 0.1) is 0 Å². The SMILES string of the molecule is COc1ccc(CCNS(=O)(=O)N2CC2)cc1. The molecule has 2 rings (SSSR count). The van der Waals surface area contributed by atoms with Crippen LogP contribution in [0.1, 0.15) is 5.56 Å². The molecule has 1 aliphatic heterocycles. The van der Waals surface area contributed by atoms with Crippen molar-refractivity contribution in [3.8, 4) is 5.75 Å². The number of hydrogen-bond acceptors (Lipinski definition) is 3. The molecule has 1 heterocycles. The van der Waals surface area contributed by atoms with Gasteiger partial charge in [0.05, 0.1) is 7.11 Å². The Morgan fingerprint density at radius 3 is 2.47 bits per heavy atom. The Balaban J connectivity index is 1.81. The molecule has 0 unspecified atom stereocenters. The maximum atomic E-state index is 11.5. The topological polar surface area (TPSA) is 58.4 Å². The molecule has 1 N–H and O–H groups in total. The molecule has 0 amide bonds. The Bertz CT molecular complexity index is 466. The second kappa shape index (κ2) is 5.03. The van der Waals surface area contributed by atoms with Crippen molar-refractivity contribution in [3.05, 3.63) is 29.8 Å². The Kier molecular flexibility index (Phi) is 3.66. The Hall–Kier alpha value is -1.11. The van der Waals surface area contributed by atoms with Crippen molar-refractivity contribution in [1.82, 2.24) is 9.03 Å². The third kappa shape index (κ3) is 3.42. The van der Waals surface area contributed by atoms with Crippen molar-refractivity contribution >= 4 is 10.2 Å². The summed E-state index contributed by atoms with van der Waals surface area (Å²) in [6.07, 6.45) is 0.678. The normalized spacial score (nSPS) is 15.8. The Morgan fingerprint density at radius 1 is 1.29 bits per heavy atom. The molecular weight excluding hydrogens is 240 g/mol. The average Bonchev–Trinajstić information content (AvgIpc) is 3.14. The van der Waals surface area contributed by atoms with Crippen molar-refractivity contribution < 1.29 is 13.2 Å². The van der Waals surface area contributed by atoms with Gasteiger partial charge < -0.3 is 4.74 Å². The molecule has 0 radical (unpaired) electrons. The maximum absolute atomic E-state index is 11.5. The third-order valence-electron chi connectivity index (χ3n) is 2.60. The van der Waals surface area contributed by atoms with Gasteiger partial charge in [-0.3, -0.25) is 0 Å². The van der Waals surface area contributed by atoms with Crippen LogP contribution in [-0.2, 0) is 16.6 Å². The van der Waals surface area contributed by atoms with E-state index in [-0.39, 0.29) is 0 Å². The van der Waals surface area contributed by atoms with Crippen LogP contribution in [0.5, 0.6) is 5.75 Å². The first kappa shape index (κ1) is 12.3. The standard InChI is InChI=1S/C11H16N2O3S/c1-16-11-4-2-10(3-5-11)6-7-12-17(14,15)13-8-9-13/h2-5,12H,6-9H2,1H3. The van der Waals surface area contributed by atoms with E-state index in [0.29, 0.717) is 26.1 Å². The summed E-state index contributed by atoms with van der Waals surface area (Å²) in [6.45, 7) is 1.70. The lowest BCUT2D eigenvalue weighted by atomic mass is 10.1. The van der Waals surface area contributed by atoms with Crippen LogP contribution in [0.2, 0.25) is 0 Å². The highest BCUT2D eigenvalue weighted by atomic mass is 32.2. The minimum Gasteiger partial charge on any atom is -0.497 e. The van der Waals surface area contributed by atoms with Crippen molar-refractivity contribution in [2.75, 3.05) is 26.7 Å². The van der Waals surface area contributed by atoms with Gasteiger partial charge in [-0.05, 0) is 24.1 Å². The van der Waals surface area contributed by atoms with Crippen LogP contribution in [0.15, 0.2) is 24.3 Å². The summed E-state index contributed by atoms with van der Waals surface area (Å²) >= 11 is 0. The van der Waals surface area contributed by atoms with Gasteiger partial charge in [-0.25, -0.2) is 4.72 Å². The van der Waals surface area contributed by atoms with Crippen LogP contribution in [0.4, 0.5) is 0 Å². The average molecular weight is 256 g/mol. The number of ether oxygens (including phenoxy) is 1. The monoisotopic (exact) mass is 256 g/mol. The lowest BCUT2D eigenvalue weighted by Crippen LogP contribution is -2.31. The second-order valence-corrected chi connectivity index (χ2v) is 5.65. The quantitative estimate of drug-likeness (QED) is 0.749. The van der Waals surface area contributed by atoms with Crippen LogP contribution < -0.4 is 9.46 Å². The van der Waals surface area contributed by atoms with E-state index in [1.165, 1.54) is 4.31 Å². The molecule has 1 aliphatic rings. The van der Waals surface area contributed by atoms with Gasteiger partial charge in [-0.2, -0.15) is 12.7 Å². The van der Waals surface area contributed by atoms with E-state index in [2.05, 4.69) is 4.72 Å². The largest absolute Gasteiger partial charge is 0.497 e. The number of nitrogens with one attached hydrogen (secondary N) is 1. The first-order valence-corrected chi connectivity index (χ1v) is 6.93. The number of nitrogens with zero attached hydrogens (tertiary/aromatic N) is 1. The van der Waals surface area contributed by atoms with E-state index < -0.39 is 10.2 Å². The van der Waals surface area contributed by atoms with Crippen LogP contribution in [-0.4, -0.2) is 39.5 Å². The molecule has 94 valence electrons. The number of methoxy groups -OCH3 is 1. The predicted octanol–water partition coefficient (Wildman–Crippen LogP) is 0.388. The highest BCUT2D eigenvalue weighted by molar-refractivity contribution is 7.87. The molecule has 0 atom stereocenters. The van der Waals surface area contributed by atoms with Gasteiger partial charge >= 0.3 is 0 Å². The van der Waals surface area contributed by atoms with Crippen LogP contribution >= 0.6 is 0 Å². The molecule has 1 fully saturated rings. The Morgan fingerprint density at radius 2 is 1.94 bits per heavy atom. The molecule has 1 saturated heterocycles. The molecule has 0 spiro atoms. The molecule has 0 aromatic heterocycles. The number of rotatable bonds is 6. The van der Waals surface area contributed by atoms with Gasteiger partial charge in [0.2, 0.25) is 0 Å². The van der Waals surface area contributed by atoms with Gasteiger partial charge in [0, 0.05) is 19.6 Å². The first-order chi connectivity index (χ1) is 8.12.